The Bertz CT molecular complexity index is 856. The Kier molecular flexibility index (Phi) is 5.86. The number of nitrogens with zero attached hydrogens (tertiary/aromatic N) is 2. The molecule has 0 radical (unpaired) electrons. The topological polar surface area (TPSA) is 89.8 Å². The summed E-state index contributed by atoms with van der Waals surface area (Å²) in [5, 5.41) is 11.2. The predicted molar refractivity (Wildman–Crippen MR) is 96.5 cm³/mol. The molecule has 0 aromatic heterocycles. The smallest absolute Gasteiger partial charge is 0.311 e. The lowest BCUT2D eigenvalue weighted by atomic mass is 10.2. The van der Waals surface area contributed by atoms with Crippen LogP contribution in [0.15, 0.2) is 48.5 Å². The van der Waals surface area contributed by atoms with E-state index in [0.29, 0.717) is 11.3 Å². The van der Waals surface area contributed by atoms with E-state index < -0.39 is 19.7 Å². The van der Waals surface area contributed by atoms with Gasteiger partial charge in [-0.2, -0.15) is 0 Å². The molecule has 0 saturated heterocycles. The van der Waals surface area contributed by atoms with Gasteiger partial charge in [0.25, 0.3) is 10.0 Å². The summed E-state index contributed by atoms with van der Waals surface area (Å²) in [5.41, 5.74) is 0.634. The minimum absolute atomic E-state index is 0.0890. The Morgan fingerprint density at radius 1 is 1.24 bits per heavy atom. The van der Waals surface area contributed by atoms with Crippen LogP contribution >= 0.6 is 11.6 Å². The first-order valence-corrected chi connectivity index (χ1v) is 9.23. The largest absolute Gasteiger partial charge is 0.490 e. The first kappa shape index (κ1) is 19.0. The Morgan fingerprint density at radius 3 is 2.40 bits per heavy atom. The maximum Gasteiger partial charge on any atom is 0.311 e. The number of halogens is 1. The molecule has 0 unspecified atom stereocenters. The Morgan fingerprint density at radius 2 is 1.88 bits per heavy atom. The number of methoxy groups -OCH3 is 1. The van der Waals surface area contributed by atoms with E-state index in [4.69, 9.17) is 16.3 Å². The van der Waals surface area contributed by atoms with E-state index in [2.05, 4.69) is 0 Å². The lowest BCUT2D eigenvalue weighted by molar-refractivity contribution is -0.385. The molecule has 2 aromatic carbocycles. The van der Waals surface area contributed by atoms with E-state index in [1.165, 1.54) is 26.2 Å². The third-order valence-corrected chi connectivity index (χ3v) is 5.98. The number of hydrogen-bond acceptors (Lipinski definition) is 5. The molecule has 134 valence electrons. The average Bonchev–Trinajstić information content (AvgIpc) is 2.59. The summed E-state index contributed by atoms with van der Waals surface area (Å²) in [4.78, 5) is 10.6. The summed E-state index contributed by atoms with van der Waals surface area (Å²) in [5.74, 6) is 0.105. The van der Waals surface area contributed by atoms with Crippen molar-refractivity contribution in [2.75, 3.05) is 11.4 Å². The van der Waals surface area contributed by atoms with Crippen LogP contribution < -0.4 is 9.04 Å². The molecule has 0 bridgehead atoms. The van der Waals surface area contributed by atoms with Gasteiger partial charge in [0.1, 0.15) is 0 Å². The Balaban J connectivity index is 2.48. The quantitative estimate of drug-likeness (QED) is 0.414. The molecular weight excluding hydrogens is 368 g/mol. The molecule has 0 aliphatic heterocycles. The van der Waals surface area contributed by atoms with Crippen LogP contribution in [0.25, 0.3) is 0 Å². The number of nitro benzene ring substituents is 1. The van der Waals surface area contributed by atoms with Crippen LogP contribution in [0.3, 0.4) is 0 Å². The van der Waals surface area contributed by atoms with E-state index in [9.17, 15) is 18.5 Å². The average molecular weight is 385 g/mol. The van der Waals surface area contributed by atoms with Gasteiger partial charge in [-0.05, 0) is 30.7 Å². The maximum atomic E-state index is 12.6. The van der Waals surface area contributed by atoms with Crippen molar-refractivity contribution >= 4 is 33.0 Å². The number of sulfonamides is 1. The van der Waals surface area contributed by atoms with Gasteiger partial charge in [-0.3, -0.25) is 14.4 Å². The van der Waals surface area contributed by atoms with Gasteiger partial charge in [0, 0.05) is 6.07 Å². The van der Waals surface area contributed by atoms with Gasteiger partial charge in [-0.15, -0.1) is 11.6 Å². The normalized spacial score (nSPS) is 12.4. The summed E-state index contributed by atoms with van der Waals surface area (Å²) < 4.78 is 30.2. The van der Waals surface area contributed by atoms with E-state index in [-0.39, 0.29) is 18.0 Å². The summed E-state index contributed by atoms with van der Waals surface area (Å²) in [6.45, 7) is 1.28. The van der Waals surface area contributed by atoms with Crippen molar-refractivity contribution in [1.29, 1.82) is 0 Å². The van der Waals surface area contributed by atoms with Gasteiger partial charge in [0.05, 0.1) is 24.3 Å². The fraction of sp³-hybridized carbons (Fsp3) is 0.250. The van der Waals surface area contributed by atoms with Crippen LogP contribution in [0.1, 0.15) is 12.5 Å². The van der Waals surface area contributed by atoms with E-state index in [1.54, 1.807) is 36.4 Å². The highest BCUT2D eigenvalue weighted by Gasteiger charge is 2.28. The van der Waals surface area contributed by atoms with E-state index >= 15 is 0 Å². The molecule has 0 amide bonds. The number of anilines is 1. The lowest BCUT2D eigenvalue weighted by Crippen LogP contribution is -2.35. The van der Waals surface area contributed by atoms with E-state index in [0.717, 1.165) is 4.31 Å². The minimum Gasteiger partial charge on any atom is -0.490 e. The standard InChI is InChI=1S/C16H17ClN2O5S/c1-12(17)25(22,23)18(14-6-4-3-5-7-14)11-13-8-9-16(24-2)15(10-13)19(20)21/h3-10,12H,11H2,1-2H3/t12-/m0/s1. The van der Waals surface area contributed by atoms with E-state index in [1.807, 2.05) is 0 Å². The van der Waals surface area contributed by atoms with Crippen molar-refractivity contribution in [3.63, 3.8) is 0 Å². The van der Waals surface area contributed by atoms with Gasteiger partial charge in [-0.1, -0.05) is 24.3 Å². The molecule has 0 aliphatic rings. The van der Waals surface area contributed by atoms with Gasteiger partial charge in [0.15, 0.2) is 10.5 Å². The number of ether oxygens (including phenoxy) is 1. The second kappa shape index (κ2) is 7.71. The molecule has 2 aromatic rings. The number of alkyl halides is 1. The maximum absolute atomic E-state index is 12.6. The zero-order valence-corrected chi connectivity index (χ0v) is 15.2. The lowest BCUT2D eigenvalue weighted by Gasteiger charge is -2.25. The molecular formula is C16H17ClN2O5S. The molecule has 2 rings (SSSR count). The minimum atomic E-state index is -3.84. The van der Waals surface area contributed by atoms with Gasteiger partial charge in [-0.25, -0.2) is 8.42 Å². The summed E-state index contributed by atoms with van der Waals surface area (Å²) in [7, 11) is -2.51. The second-order valence-corrected chi connectivity index (χ2v) is 8.28. The molecule has 1 atom stereocenters. The fourth-order valence-corrected chi connectivity index (χ4v) is 3.62. The monoisotopic (exact) mass is 384 g/mol. The molecule has 0 spiro atoms. The van der Waals surface area contributed by atoms with Gasteiger partial charge in [0.2, 0.25) is 0 Å². The molecule has 7 nitrogen and oxygen atoms in total. The van der Waals surface area contributed by atoms with Crippen LogP contribution in [0.5, 0.6) is 5.75 Å². The molecule has 0 fully saturated rings. The third-order valence-electron chi connectivity index (χ3n) is 3.53. The highest BCUT2D eigenvalue weighted by Crippen LogP contribution is 2.30. The molecule has 0 aliphatic carbocycles. The first-order chi connectivity index (χ1) is 11.8. The highest BCUT2D eigenvalue weighted by molar-refractivity contribution is 7.94. The van der Waals surface area contributed by atoms with Crippen LogP contribution in [0.2, 0.25) is 0 Å². The number of hydrogen-bond donors (Lipinski definition) is 0. The zero-order valence-electron chi connectivity index (χ0n) is 13.6. The van der Waals surface area contributed by atoms with Crippen LogP contribution in [0, 0.1) is 10.1 Å². The molecule has 9 heteroatoms. The molecule has 0 heterocycles. The number of para-hydroxylation sites is 1. The number of rotatable bonds is 7. The number of nitro groups is 1. The van der Waals surface area contributed by atoms with Crippen molar-refractivity contribution < 1.29 is 18.1 Å². The van der Waals surface area contributed by atoms with Crippen molar-refractivity contribution in [1.82, 2.24) is 0 Å². The molecule has 0 N–H and O–H groups in total. The SMILES string of the molecule is COc1ccc(CN(c2ccccc2)S(=O)(=O)[C@@H](C)Cl)cc1[N+](=O)[O-]. The van der Waals surface area contributed by atoms with Crippen LogP contribution in [-0.4, -0.2) is 25.2 Å². The summed E-state index contributed by atoms with van der Waals surface area (Å²) in [6, 6.07) is 12.7. The second-order valence-electron chi connectivity index (χ2n) is 5.19. The van der Waals surface area contributed by atoms with Crippen molar-refractivity contribution in [3.05, 3.63) is 64.2 Å². The molecule has 0 saturated carbocycles. The number of benzene rings is 2. The third kappa shape index (κ3) is 4.21. The summed E-state index contributed by atoms with van der Waals surface area (Å²) >= 11 is 5.85. The molecule has 25 heavy (non-hydrogen) atoms. The van der Waals surface area contributed by atoms with Crippen LogP contribution in [-0.2, 0) is 16.6 Å². The summed E-state index contributed by atoms with van der Waals surface area (Å²) in [6.07, 6.45) is 0. The predicted octanol–water partition coefficient (Wildman–Crippen LogP) is 3.52. The first-order valence-electron chi connectivity index (χ1n) is 7.29. The van der Waals surface area contributed by atoms with Crippen molar-refractivity contribution in [2.45, 2.75) is 18.2 Å². The Labute approximate surface area is 151 Å². The Hall–Kier alpha value is -2.32. The van der Waals surface area contributed by atoms with Crippen molar-refractivity contribution in [2.24, 2.45) is 0 Å². The fourth-order valence-electron chi connectivity index (χ4n) is 2.24. The van der Waals surface area contributed by atoms with Crippen molar-refractivity contribution in [3.8, 4) is 5.75 Å². The highest BCUT2D eigenvalue weighted by atomic mass is 35.5. The van der Waals surface area contributed by atoms with Gasteiger partial charge >= 0.3 is 5.69 Å². The zero-order chi connectivity index (χ0) is 18.6. The van der Waals surface area contributed by atoms with Gasteiger partial charge < -0.3 is 4.74 Å². The van der Waals surface area contributed by atoms with Crippen LogP contribution in [0.4, 0.5) is 11.4 Å².